The third-order valence-electron chi connectivity index (χ3n) is 1.25. The lowest BCUT2D eigenvalue weighted by atomic mass is 10.8. The van der Waals surface area contributed by atoms with Crippen molar-refractivity contribution >= 4 is 7.82 Å². The Labute approximate surface area is 101 Å². The van der Waals surface area contributed by atoms with Crippen molar-refractivity contribution in [1.82, 2.24) is 0 Å². The molecule has 0 unspecified atom stereocenters. The highest BCUT2D eigenvalue weighted by molar-refractivity contribution is 7.48. The van der Waals surface area contributed by atoms with E-state index >= 15 is 0 Å². The van der Waals surface area contributed by atoms with Crippen molar-refractivity contribution in [3.05, 3.63) is 0 Å². The van der Waals surface area contributed by atoms with Crippen LogP contribution in [-0.2, 0) is 27.6 Å². The van der Waals surface area contributed by atoms with Crippen LogP contribution in [0.25, 0.3) is 0 Å². The number of terminal acetylenes is 2. The van der Waals surface area contributed by atoms with Crippen LogP contribution in [0.2, 0.25) is 0 Å². The Morgan fingerprint density at radius 3 is 1.82 bits per heavy atom. The van der Waals surface area contributed by atoms with E-state index in [0.717, 1.165) is 0 Å². The third-order valence-corrected chi connectivity index (χ3v) is 2.66. The van der Waals surface area contributed by atoms with Gasteiger partial charge in [0.25, 0.3) is 0 Å². The largest absolute Gasteiger partial charge is 0.479 e. The fourth-order valence-corrected chi connectivity index (χ4v) is 1.62. The van der Waals surface area contributed by atoms with Gasteiger partial charge in [0.15, 0.2) is 13.6 Å². The number of hydrogen-bond acceptors (Lipinski definition) is 6. The van der Waals surface area contributed by atoms with E-state index in [1.54, 1.807) is 6.92 Å². The van der Waals surface area contributed by atoms with Gasteiger partial charge in [0.05, 0.1) is 6.61 Å². The summed E-state index contributed by atoms with van der Waals surface area (Å²) >= 11 is 0. The fourth-order valence-electron chi connectivity index (χ4n) is 0.675. The van der Waals surface area contributed by atoms with Crippen LogP contribution < -0.4 is 0 Å². The van der Waals surface area contributed by atoms with Gasteiger partial charge in [-0.15, -0.1) is 12.8 Å². The maximum absolute atomic E-state index is 11.8. The number of hydrogen-bond donors (Lipinski definition) is 0. The standard InChI is InChI=1S/C10H15O6P/c1-4-7-12-9-15-17(11,14-6-3)16-10-13-8-5-2/h1-2H,6-10H2,3H3. The SMILES string of the molecule is C#CCOCOP(=O)(OCC)OCOCC#C. The van der Waals surface area contributed by atoms with Gasteiger partial charge in [-0.05, 0) is 6.92 Å². The summed E-state index contributed by atoms with van der Waals surface area (Å²) in [6.07, 6.45) is 9.90. The first kappa shape index (κ1) is 16.1. The third kappa shape index (κ3) is 8.91. The quantitative estimate of drug-likeness (QED) is 0.256. The van der Waals surface area contributed by atoms with Crippen LogP contribution in [0.1, 0.15) is 6.92 Å². The fraction of sp³-hybridized carbons (Fsp3) is 0.600. The molecule has 0 aromatic heterocycles. The molecule has 7 heteroatoms. The monoisotopic (exact) mass is 262 g/mol. The Balaban J connectivity index is 3.95. The maximum Gasteiger partial charge on any atom is 0.479 e. The molecule has 0 spiro atoms. The maximum atomic E-state index is 11.8. The molecule has 0 atom stereocenters. The molecule has 0 aliphatic carbocycles. The Bertz CT molecular complexity index is 290. The average Bonchev–Trinajstić information content (AvgIpc) is 2.31. The van der Waals surface area contributed by atoms with E-state index in [-0.39, 0.29) is 33.4 Å². The van der Waals surface area contributed by atoms with E-state index in [1.807, 2.05) is 0 Å². The van der Waals surface area contributed by atoms with Crippen molar-refractivity contribution in [2.24, 2.45) is 0 Å². The van der Waals surface area contributed by atoms with E-state index in [9.17, 15) is 4.57 Å². The van der Waals surface area contributed by atoms with Gasteiger partial charge in [-0.1, -0.05) is 11.8 Å². The van der Waals surface area contributed by atoms with Crippen LogP contribution in [0.3, 0.4) is 0 Å². The molecule has 0 heterocycles. The summed E-state index contributed by atoms with van der Waals surface area (Å²) in [5.41, 5.74) is 0. The first-order valence-electron chi connectivity index (χ1n) is 4.74. The highest BCUT2D eigenvalue weighted by Gasteiger charge is 2.26. The predicted octanol–water partition coefficient (Wildman–Crippen LogP) is 1.38. The molecule has 0 fully saturated rings. The van der Waals surface area contributed by atoms with Gasteiger partial charge in [-0.25, -0.2) is 4.57 Å². The van der Waals surface area contributed by atoms with Crippen LogP contribution in [0, 0.1) is 24.7 Å². The zero-order valence-corrected chi connectivity index (χ0v) is 10.5. The number of rotatable bonds is 10. The van der Waals surface area contributed by atoms with Crippen LogP contribution in [0.15, 0.2) is 0 Å². The van der Waals surface area contributed by atoms with Crippen LogP contribution >= 0.6 is 7.82 Å². The lowest BCUT2D eigenvalue weighted by molar-refractivity contribution is -0.0347. The molecule has 0 N–H and O–H groups in total. The minimum atomic E-state index is -3.69. The van der Waals surface area contributed by atoms with E-state index in [0.29, 0.717) is 0 Å². The van der Waals surface area contributed by atoms with E-state index in [4.69, 9.17) is 35.9 Å². The summed E-state index contributed by atoms with van der Waals surface area (Å²) in [4.78, 5) is 0. The lowest BCUT2D eigenvalue weighted by Gasteiger charge is -2.16. The molecule has 17 heavy (non-hydrogen) atoms. The molecule has 0 aliphatic rings. The highest BCUT2D eigenvalue weighted by Crippen LogP contribution is 2.49. The van der Waals surface area contributed by atoms with Crippen LogP contribution in [0.4, 0.5) is 0 Å². The Hall–Kier alpha value is -0.850. The molecule has 0 aromatic rings. The van der Waals surface area contributed by atoms with E-state index < -0.39 is 7.82 Å². The zero-order chi connectivity index (χ0) is 13.0. The molecule has 0 rings (SSSR count). The normalized spacial score (nSPS) is 10.8. The minimum absolute atomic E-state index is 0.0414. The van der Waals surface area contributed by atoms with Crippen molar-refractivity contribution in [3.63, 3.8) is 0 Å². The summed E-state index contributed by atoms with van der Waals surface area (Å²) in [6.45, 7) is 1.29. The van der Waals surface area contributed by atoms with Crippen molar-refractivity contribution in [2.45, 2.75) is 6.92 Å². The van der Waals surface area contributed by atoms with Gasteiger partial charge in [-0.3, -0.25) is 13.6 Å². The number of phosphoric ester groups is 1. The molecule has 6 nitrogen and oxygen atoms in total. The second-order valence-corrected chi connectivity index (χ2v) is 4.13. The molecule has 0 saturated heterocycles. The summed E-state index contributed by atoms with van der Waals surface area (Å²) in [7, 11) is -3.69. The summed E-state index contributed by atoms with van der Waals surface area (Å²) in [6, 6.07) is 0. The number of phosphoric acid groups is 1. The van der Waals surface area contributed by atoms with Crippen molar-refractivity contribution in [1.29, 1.82) is 0 Å². The molecule has 0 amide bonds. The van der Waals surface area contributed by atoms with E-state index in [2.05, 4.69) is 11.8 Å². The molecule has 0 radical (unpaired) electrons. The molecular formula is C10H15O6P. The van der Waals surface area contributed by atoms with Gasteiger partial charge >= 0.3 is 7.82 Å². The molecule has 0 aromatic carbocycles. The zero-order valence-electron chi connectivity index (χ0n) is 9.59. The van der Waals surface area contributed by atoms with Gasteiger partial charge in [0, 0.05) is 0 Å². The first-order chi connectivity index (χ1) is 8.18. The Morgan fingerprint density at radius 2 is 1.47 bits per heavy atom. The van der Waals surface area contributed by atoms with Gasteiger partial charge in [-0.2, -0.15) is 0 Å². The Kier molecular flexibility index (Phi) is 9.80. The van der Waals surface area contributed by atoms with Crippen molar-refractivity contribution in [3.8, 4) is 24.7 Å². The molecule has 0 bridgehead atoms. The van der Waals surface area contributed by atoms with Gasteiger partial charge < -0.3 is 9.47 Å². The minimum Gasteiger partial charge on any atom is -0.342 e. The smallest absolute Gasteiger partial charge is 0.342 e. The summed E-state index contributed by atoms with van der Waals surface area (Å²) in [5, 5.41) is 0. The van der Waals surface area contributed by atoms with Gasteiger partial charge in [0.2, 0.25) is 0 Å². The topological polar surface area (TPSA) is 63.2 Å². The molecule has 96 valence electrons. The lowest BCUT2D eigenvalue weighted by Crippen LogP contribution is -2.06. The summed E-state index contributed by atoms with van der Waals surface area (Å²) < 4.78 is 35.9. The average molecular weight is 262 g/mol. The van der Waals surface area contributed by atoms with Crippen LogP contribution in [0.5, 0.6) is 0 Å². The van der Waals surface area contributed by atoms with E-state index in [1.165, 1.54) is 0 Å². The second-order valence-electron chi connectivity index (χ2n) is 2.46. The van der Waals surface area contributed by atoms with Gasteiger partial charge in [0.1, 0.15) is 13.2 Å². The van der Waals surface area contributed by atoms with Crippen molar-refractivity contribution in [2.75, 3.05) is 33.4 Å². The predicted molar refractivity (Wildman–Crippen MR) is 60.7 cm³/mol. The van der Waals surface area contributed by atoms with Crippen molar-refractivity contribution < 1.29 is 27.6 Å². The Morgan fingerprint density at radius 1 is 1.00 bits per heavy atom. The molecule has 0 saturated carbocycles. The second kappa shape index (κ2) is 10.3. The molecule has 0 aliphatic heterocycles. The number of ether oxygens (including phenoxy) is 2. The molecular weight excluding hydrogens is 247 g/mol. The summed E-state index contributed by atoms with van der Waals surface area (Å²) in [5.74, 6) is 4.45. The first-order valence-corrected chi connectivity index (χ1v) is 6.20. The highest BCUT2D eigenvalue weighted by atomic mass is 31.2. The van der Waals surface area contributed by atoms with Crippen LogP contribution in [-0.4, -0.2) is 33.4 Å².